The minimum absolute atomic E-state index is 0.0788. The molecule has 1 aromatic carbocycles. The van der Waals surface area contributed by atoms with E-state index in [2.05, 4.69) is 22.3 Å². The molecule has 0 bridgehead atoms. The molecule has 1 N–H and O–H groups in total. The van der Waals surface area contributed by atoms with Gasteiger partial charge in [-0.05, 0) is 18.4 Å². The van der Waals surface area contributed by atoms with E-state index >= 15 is 0 Å². The molecule has 126 valence electrons. The Kier molecular flexibility index (Phi) is 4.85. The van der Waals surface area contributed by atoms with Gasteiger partial charge in [-0.25, -0.2) is 0 Å². The molecule has 1 aromatic heterocycles. The molecule has 2 aromatic rings. The fourth-order valence-electron chi connectivity index (χ4n) is 2.78. The van der Waals surface area contributed by atoms with Crippen molar-refractivity contribution in [1.82, 2.24) is 15.1 Å². The molecule has 1 aliphatic heterocycles. The third kappa shape index (κ3) is 3.60. The fraction of sp³-hybridized carbons (Fsp3) is 0.375. The number of hydrogen-bond donors (Lipinski definition) is 1. The van der Waals surface area contributed by atoms with E-state index in [1.54, 1.807) is 4.90 Å². The molecular formula is C16H18N4O4. The zero-order valence-corrected chi connectivity index (χ0v) is 13.1. The van der Waals surface area contributed by atoms with Gasteiger partial charge in [-0.1, -0.05) is 30.3 Å². The monoisotopic (exact) mass is 330 g/mol. The molecule has 8 nitrogen and oxygen atoms in total. The number of nitrogens with zero attached hydrogens (tertiary/aromatic N) is 3. The average Bonchev–Trinajstić information content (AvgIpc) is 3.10. The number of nitrogens with one attached hydrogen (secondary N) is 1. The van der Waals surface area contributed by atoms with Crippen molar-refractivity contribution in [3.05, 3.63) is 57.9 Å². The lowest BCUT2D eigenvalue weighted by Crippen LogP contribution is -2.46. The van der Waals surface area contributed by atoms with Crippen molar-refractivity contribution < 1.29 is 14.5 Å². The van der Waals surface area contributed by atoms with Crippen molar-refractivity contribution >= 4 is 11.6 Å². The first-order valence-corrected chi connectivity index (χ1v) is 7.77. The molecule has 24 heavy (non-hydrogen) atoms. The zero-order chi connectivity index (χ0) is 16.9. The number of amides is 1. The predicted octanol–water partition coefficient (Wildman–Crippen LogP) is 1.79. The number of ether oxygens (including phenoxy) is 1. The highest BCUT2D eigenvalue weighted by molar-refractivity contribution is 5.96. The SMILES string of the molecule is O=C(c1[nH]ncc1[N+](=O)[O-])N1CCO[C@H](CCc2ccccc2)C1. The maximum absolute atomic E-state index is 12.5. The third-order valence-electron chi connectivity index (χ3n) is 4.05. The Bertz CT molecular complexity index is 716. The van der Waals surface area contributed by atoms with E-state index in [9.17, 15) is 14.9 Å². The first kappa shape index (κ1) is 16.1. The number of morpholine rings is 1. The Morgan fingerprint density at radius 3 is 2.96 bits per heavy atom. The maximum Gasteiger partial charge on any atom is 0.319 e. The van der Waals surface area contributed by atoms with Crippen LogP contribution in [0.15, 0.2) is 36.5 Å². The van der Waals surface area contributed by atoms with Crippen molar-refractivity contribution in [2.75, 3.05) is 19.7 Å². The molecule has 1 aliphatic rings. The van der Waals surface area contributed by atoms with Gasteiger partial charge in [0, 0.05) is 13.1 Å². The lowest BCUT2D eigenvalue weighted by molar-refractivity contribution is -0.385. The Morgan fingerprint density at radius 2 is 2.21 bits per heavy atom. The summed E-state index contributed by atoms with van der Waals surface area (Å²) in [6.45, 7) is 1.26. The summed E-state index contributed by atoms with van der Waals surface area (Å²) in [6.07, 6.45) is 2.63. The molecule has 3 rings (SSSR count). The van der Waals surface area contributed by atoms with Crippen molar-refractivity contribution in [2.24, 2.45) is 0 Å². The molecule has 1 saturated heterocycles. The second-order valence-corrected chi connectivity index (χ2v) is 5.66. The summed E-state index contributed by atoms with van der Waals surface area (Å²) in [6, 6.07) is 10.1. The lowest BCUT2D eigenvalue weighted by atomic mass is 10.1. The molecule has 1 atom stereocenters. The molecule has 0 aliphatic carbocycles. The van der Waals surface area contributed by atoms with E-state index in [1.807, 2.05) is 18.2 Å². The quantitative estimate of drug-likeness (QED) is 0.665. The minimum Gasteiger partial charge on any atom is -0.375 e. The Morgan fingerprint density at radius 1 is 1.42 bits per heavy atom. The van der Waals surface area contributed by atoms with E-state index < -0.39 is 10.8 Å². The number of nitro groups is 1. The Hall–Kier alpha value is -2.74. The van der Waals surface area contributed by atoms with Gasteiger partial charge >= 0.3 is 5.69 Å². The molecule has 8 heteroatoms. The van der Waals surface area contributed by atoms with Crippen molar-refractivity contribution in [1.29, 1.82) is 0 Å². The highest BCUT2D eigenvalue weighted by Gasteiger charge is 2.30. The number of aromatic amines is 1. The van der Waals surface area contributed by atoms with Crippen LogP contribution in [0.3, 0.4) is 0 Å². The number of carbonyl (C=O) groups is 1. The minimum atomic E-state index is -0.607. The van der Waals surface area contributed by atoms with E-state index in [0.29, 0.717) is 19.7 Å². The molecule has 0 saturated carbocycles. The summed E-state index contributed by atoms with van der Waals surface area (Å²) in [5, 5.41) is 17.0. The van der Waals surface area contributed by atoms with Crippen LogP contribution >= 0.6 is 0 Å². The van der Waals surface area contributed by atoms with Crippen LogP contribution in [-0.2, 0) is 11.2 Å². The topological polar surface area (TPSA) is 101 Å². The Labute approximate surface area is 138 Å². The van der Waals surface area contributed by atoms with Gasteiger partial charge in [-0.3, -0.25) is 20.0 Å². The van der Waals surface area contributed by atoms with Gasteiger partial charge in [0.15, 0.2) is 0 Å². The van der Waals surface area contributed by atoms with Crippen molar-refractivity contribution in [3.8, 4) is 0 Å². The van der Waals surface area contributed by atoms with Crippen LogP contribution in [0, 0.1) is 10.1 Å². The molecule has 0 spiro atoms. The molecule has 0 radical (unpaired) electrons. The first-order chi connectivity index (χ1) is 11.6. The number of aromatic nitrogens is 2. The summed E-state index contributed by atoms with van der Waals surface area (Å²) in [4.78, 5) is 24.4. The van der Waals surface area contributed by atoms with Gasteiger partial charge in [0.2, 0.25) is 5.69 Å². The number of rotatable bonds is 5. The van der Waals surface area contributed by atoms with Crippen LogP contribution in [0.1, 0.15) is 22.5 Å². The maximum atomic E-state index is 12.5. The number of hydrogen-bond acceptors (Lipinski definition) is 5. The summed E-state index contributed by atoms with van der Waals surface area (Å²) in [7, 11) is 0. The number of H-pyrrole nitrogens is 1. The molecule has 0 unspecified atom stereocenters. The van der Waals surface area contributed by atoms with Crippen molar-refractivity contribution in [3.63, 3.8) is 0 Å². The van der Waals surface area contributed by atoms with E-state index in [1.165, 1.54) is 5.56 Å². The van der Waals surface area contributed by atoms with Crippen LogP contribution in [0.5, 0.6) is 0 Å². The van der Waals surface area contributed by atoms with Crippen LogP contribution in [-0.4, -0.2) is 51.7 Å². The molecular weight excluding hydrogens is 312 g/mol. The van der Waals surface area contributed by atoms with Gasteiger partial charge in [0.05, 0.1) is 17.6 Å². The Balaban J connectivity index is 1.61. The highest BCUT2D eigenvalue weighted by atomic mass is 16.6. The predicted molar refractivity (Wildman–Crippen MR) is 85.6 cm³/mol. The third-order valence-corrected chi connectivity index (χ3v) is 4.05. The van der Waals surface area contributed by atoms with Gasteiger partial charge < -0.3 is 9.64 Å². The largest absolute Gasteiger partial charge is 0.375 e. The smallest absolute Gasteiger partial charge is 0.319 e. The van der Waals surface area contributed by atoms with E-state index in [0.717, 1.165) is 19.0 Å². The molecule has 1 amide bonds. The van der Waals surface area contributed by atoms with Crippen LogP contribution in [0.2, 0.25) is 0 Å². The van der Waals surface area contributed by atoms with Crippen molar-refractivity contribution in [2.45, 2.75) is 18.9 Å². The fourth-order valence-corrected chi connectivity index (χ4v) is 2.78. The van der Waals surface area contributed by atoms with Gasteiger partial charge in [-0.15, -0.1) is 0 Å². The number of aryl methyl sites for hydroxylation is 1. The normalized spacial score (nSPS) is 17.7. The highest BCUT2D eigenvalue weighted by Crippen LogP contribution is 2.19. The molecule has 1 fully saturated rings. The summed E-state index contributed by atoms with van der Waals surface area (Å²) >= 11 is 0. The first-order valence-electron chi connectivity index (χ1n) is 7.77. The lowest BCUT2D eigenvalue weighted by Gasteiger charge is -2.32. The van der Waals surface area contributed by atoms with Gasteiger partial charge in [-0.2, -0.15) is 5.10 Å². The molecule has 2 heterocycles. The van der Waals surface area contributed by atoms with Crippen LogP contribution in [0.4, 0.5) is 5.69 Å². The zero-order valence-electron chi connectivity index (χ0n) is 13.1. The second-order valence-electron chi connectivity index (χ2n) is 5.66. The van der Waals surface area contributed by atoms with Crippen LogP contribution < -0.4 is 0 Å². The summed E-state index contributed by atoms with van der Waals surface area (Å²) < 4.78 is 5.72. The van der Waals surface area contributed by atoms with Crippen LogP contribution in [0.25, 0.3) is 0 Å². The number of benzene rings is 1. The summed E-state index contributed by atoms with van der Waals surface area (Å²) in [5.74, 6) is -0.410. The standard InChI is InChI=1S/C16H18N4O4/c21-16(15-14(20(22)23)10-17-18-15)19-8-9-24-13(11-19)7-6-12-4-2-1-3-5-12/h1-5,10,13H,6-9,11H2,(H,17,18)/t13-/m1/s1. The van der Waals surface area contributed by atoms with Gasteiger partial charge in [0.1, 0.15) is 6.20 Å². The summed E-state index contributed by atoms with van der Waals surface area (Å²) in [5.41, 5.74) is 0.838. The van der Waals surface area contributed by atoms with E-state index in [4.69, 9.17) is 4.74 Å². The second kappa shape index (κ2) is 7.22. The average molecular weight is 330 g/mol. The van der Waals surface area contributed by atoms with E-state index in [-0.39, 0.29) is 17.5 Å². The van der Waals surface area contributed by atoms with Gasteiger partial charge in [0.25, 0.3) is 5.91 Å². The number of carbonyl (C=O) groups excluding carboxylic acids is 1.